The Labute approximate surface area is 123 Å². The Kier molecular flexibility index (Phi) is 4.43. The van der Waals surface area contributed by atoms with E-state index in [1.54, 1.807) is 0 Å². The molecule has 1 aliphatic rings. The van der Waals surface area contributed by atoms with Crippen molar-refractivity contribution >= 4 is 50.1 Å². The number of amides is 1. The molecule has 2 atom stereocenters. The minimum absolute atomic E-state index is 0.0739. The van der Waals surface area contributed by atoms with Crippen molar-refractivity contribution in [3.05, 3.63) is 26.2 Å². The van der Waals surface area contributed by atoms with E-state index in [2.05, 4.69) is 56.1 Å². The molecule has 0 bridgehead atoms. The minimum atomic E-state index is 0.0739. The van der Waals surface area contributed by atoms with Crippen LogP contribution in [-0.4, -0.2) is 19.0 Å². The number of nitrogens with one attached hydrogen (secondary N) is 2. The van der Waals surface area contributed by atoms with Gasteiger partial charge in [-0.05, 0) is 53.3 Å². The van der Waals surface area contributed by atoms with E-state index in [1.165, 1.54) is 0 Å². The number of benzene rings is 1. The van der Waals surface area contributed by atoms with Gasteiger partial charge in [0.2, 0.25) is 5.91 Å². The number of hydrogen-bond acceptors (Lipinski definition) is 2. The molecule has 92 valence electrons. The SMILES string of the molecule is C[C@@H]1CNC[C@H]1C(=O)Nc1cc(Br)ccc1I. The monoisotopic (exact) mass is 408 g/mol. The summed E-state index contributed by atoms with van der Waals surface area (Å²) in [4.78, 5) is 12.1. The highest BCUT2D eigenvalue weighted by Crippen LogP contribution is 2.25. The smallest absolute Gasteiger partial charge is 0.229 e. The summed E-state index contributed by atoms with van der Waals surface area (Å²) in [6.45, 7) is 3.81. The summed E-state index contributed by atoms with van der Waals surface area (Å²) in [5.41, 5.74) is 0.879. The van der Waals surface area contributed by atoms with E-state index < -0.39 is 0 Å². The second-order valence-corrected chi connectivity index (χ2v) is 6.43. The highest BCUT2D eigenvalue weighted by atomic mass is 127. The summed E-state index contributed by atoms with van der Waals surface area (Å²) >= 11 is 5.64. The van der Waals surface area contributed by atoms with Crippen LogP contribution in [0.5, 0.6) is 0 Å². The molecule has 0 spiro atoms. The van der Waals surface area contributed by atoms with E-state index in [1.807, 2.05) is 18.2 Å². The molecule has 2 N–H and O–H groups in total. The molecule has 1 aromatic carbocycles. The first-order valence-corrected chi connectivity index (χ1v) is 7.41. The van der Waals surface area contributed by atoms with Crippen molar-refractivity contribution in [3.8, 4) is 0 Å². The fraction of sp³-hybridized carbons (Fsp3) is 0.417. The third-order valence-corrected chi connectivity index (χ3v) is 4.47. The fourth-order valence-corrected chi connectivity index (χ4v) is 2.81. The van der Waals surface area contributed by atoms with Gasteiger partial charge in [0.05, 0.1) is 11.6 Å². The molecule has 0 aliphatic carbocycles. The van der Waals surface area contributed by atoms with E-state index in [0.717, 1.165) is 26.8 Å². The minimum Gasteiger partial charge on any atom is -0.325 e. The highest BCUT2D eigenvalue weighted by molar-refractivity contribution is 14.1. The molecule has 17 heavy (non-hydrogen) atoms. The van der Waals surface area contributed by atoms with Gasteiger partial charge in [0.25, 0.3) is 0 Å². The Morgan fingerprint density at radius 3 is 2.94 bits per heavy atom. The zero-order valence-electron chi connectivity index (χ0n) is 9.47. The molecule has 0 unspecified atom stereocenters. The fourth-order valence-electron chi connectivity index (χ4n) is 1.98. The maximum Gasteiger partial charge on any atom is 0.229 e. The molecule has 0 saturated carbocycles. The topological polar surface area (TPSA) is 41.1 Å². The summed E-state index contributed by atoms with van der Waals surface area (Å²) in [7, 11) is 0. The zero-order chi connectivity index (χ0) is 12.4. The lowest BCUT2D eigenvalue weighted by molar-refractivity contribution is -0.120. The number of halogens is 2. The maximum atomic E-state index is 12.1. The van der Waals surface area contributed by atoms with Gasteiger partial charge in [-0.3, -0.25) is 4.79 Å². The molecule has 2 rings (SSSR count). The summed E-state index contributed by atoms with van der Waals surface area (Å²) in [6.07, 6.45) is 0. The molecule has 5 heteroatoms. The van der Waals surface area contributed by atoms with Crippen LogP contribution in [0.25, 0.3) is 0 Å². The van der Waals surface area contributed by atoms with Crippen LogP contribution < -0.4 is 10.6 Å². The lowest BCUT2D eigenvalue weighted by Crippen LogP contribution is -2.28. The number of hydrogen-bond donors (Lipinski definition) is 2. The van der Waals surface area contributed by atoms with Crippen molar-refractivity contribution in [1.29, 1.82) is 0 Å². The maximum absolute atomic E-state index is 12.1. The van der Waals surface area contributed by atoms with Gasteiger partial charge in [-0.2, -0.15) is 0 Å². The van der Waals surface area contributed by atoms with E-state index >= 15 is 0 Å². The number of carbonyl (C=O) groups is 1. The second-order valence-electron chi connectivity index (χ2n) is 4.36. The van der Waals surface area contributed by atoms with Crippen LogP contribution in [0.4, 0.5) is 5.69 Å². The van der Waals surface area contributed by atoms with Crippen LogP contribution in [0, 0.1) is 15.4 Å². The van der Waals surface area contributed by atoms with Gasteiger partial charge in [-0.25, -0.2) is 0 Å². The number of anilines is 1. The van der Waals surface area contributed by atoms with Gasteiger partial charge >= 0.3 is 0 Å². The molecule has 3 nitrogen and oxygen atoms in total. The standard InChI is InChI=1S/C12H14BrIN2O/c1-7-5-15-6-9(7)12(17)16-11-4-8(13)2-3-10(11)14/h2-4,7,9,15H,5-6H2,1H3,(H,16,17)/t7-,9-/m1/s1. The van der Waals surface area contributed by atoms with Crippen LogP contribution in [0.2, 0.25) is 0 Å². The first-order valence-electron chi connectivity index (χ1n) is 5.54. The molecule has 1 amide bonds. The van der Waals surface area contributed by atoms with Gasteiger partial charge in [-0.1, -0.05) is 22.9 Å². The van der Waals surface area contributed by atoms with Crippen LogP contribution in [0.3, 0.4) is 0 Å². The Bertz CT molecular complexity index is 439. The number of rotatable bonds is 2. The molecular weight excluding hydrogens is 395 g/mol. The van der Waals surface area contributed by atoms with E-state index in [0.29, 0.717) is 5.92 Å². The van der Waals surface area contributed by atoms with Gasteiger partial charge in [0, 0.05) is 14.6 Å². The predicted molar refractivity (Wildman–Crippen MR) is 81.0 cm³/mol. The Hall–Kier alpha value is -0.140. The van der Waals surface area contributed by atoms with Crippen molar-refractivity contribution in [2.24, 2.45) is 11.8 Å². The molecule has 1 saturated heterocycles. The Balaban J connectivity index is 2.10. The normalized spacial score (nSPS) is 23.7. The van der Waals surface area contributed by atoms with Crippen LogP contribution in [0.15, 0.2) is 22.7 Å². The largest absolute Gasteiger partial charge is 0.325 e. The molecule has 1 heterocycles. The second kappa shape index (κ2) is 5.67. The Morgan fingerprint density at radius 1 is 1.53 bits per heavy atom. The molecule has 1 aliphatic heterocycles. The summed E-state index contributed by atoms with van der Waals surface area (Å²) < 4.78 is 2.03. The lowest BCUT2D eigenvalue weighted by Gasteiger charge is -2.15. The van der Waals surface area contributed by atoms with Crippen LogP contribution in [0.1, 0.15) is 6.92 Å². The first kappa shape index (κ1) is 13.3. The quantitative estimate of drug-likeness (QED) is 0.739. The van der Waals surface area contributed by atoms with Crippen molar-refractivity contribution in [1.82, 2.24) is 5.32 Å². The van der Waals surface area contributed by atoms with Gasteiger partial charge < -0.3 is 10.6 Å². The third-order valence-electron chi connectivity index (χ3n) is 3.04. The Morgan fingerprint density at radius 2 is 2.29 bits per heavy atom. The number of carbonyl (C=O) groups excluding carboxylic acids is 1. The molecule has 0 aromatic heterocycles. The molecule has 1 fully saturated rings. The predicted octanol–water partition coefficient (Wildman–Crippen LogP) is 2.85. The summed E-state index contributed by atoms with van der Waals surface area (Å²) in [6, 6.07) is 5.89. The zero-order valence-corrected chi connectivity index (χ0v) is 13.2. The van der Waals surface area contributed by atoms with Crippen molar-refractivity contribution in [2.75, 3.05) is 18.4 Å². The first-order chi connectivity index (χ1) is 8.08. The van der Waals surface area contributed by atoms with Crippen molar-refractivity contribution in [3.63, 3.8) is 0 Å². The third kappa shape index (κ3) is 3.20. The van der Waals surface area contributed by atoms with Gasteiger partial charge in [0.1, 0.15) is 0 Å². The average molecular weight is 409 g/mol. The lowest BCUT2D eigenvalue weighted by atomic mass is 9.97. The average Bonchev–Trinajstić information content (AvgIpc) is 2.70. The van der Waals surface area contributed by atoms with Gasteiger partial charge in [-0.15, -0.1) is 0 Å². The highest BCUT2D eigenvalue weighted by Gasteiger charge is 2.29. The van der Waals surface area contributed by atoms with Crippen molar-refractivity contribution in [2.45, 2.75) is 6.92 Å². The van der Waals surface area contributed by atoms with E-state index in [4.69, 9.17) is 0 Å². The van der Waals surface area contributed by atoms with Crippen LogP contribution in [-0.2, 0) is 4.79 Å². The van der Waals surface area contributed by atoms with Gasteiger partial charge in [0.15, 0.2) is 0 Å². The van der Waals surface area contributed by atoms with Crippen LogP contribution >= 0.6 is 38.5 Å². The van der Waals surface area contributed by atoms with E-state index in [9.17, 15) is 4.79 Å². The summed E-state index contributed by atoms with van der Waals surface area (Å²) in [5.74, 6) is 0.586. The summed E-state index contributed by atoms with van der Waals surface area (Å²) in [5, 5.41) is 6.25. The molecule has 0 radical (unpaired) electrons. The van der Waals surface area contributed by atoms with E-state index in [-0.39, 0.29) is 11.8 Å². The molecule has 1 aromatic rings. The van der Waals surface area contributed by atoms with Crippen molar-refractivity contribution < 1.29 is 4.79 Å². The molecular formula is C12H14BrIN2O.